The highest BCUT2D eigenvalue weighted by Gasteiger charge is 2.12. The van der Waals surface area contributed by atoms with E-state index in [1.165, 1.54) is 17.0 Å². The van der Waals surface area contributed by atoms with E-state index in [0.29, 0.717) is 28.5 Å². The largest absolute Gasteiger partial charge is 0.493 e. The molecule has 0 amide bonds. The third kappa shape index (κ3) is 3.68. The van der Waals surface area contributed by atoms with Gasteiger partial charge in [-0.05, 0) is 48.6 Å². The van der Waals surface area contributed by atoms with Crippen LogP contribution in [0.3, 0.4) is 0 Å². The molecule has 6 nitrogen and oxygen atoms in total. The maximum atomic E-state index is 13.9. The number of hydrogen-bond donors (Lipinski definition) is 1. The van der Waals surface area contributed by atoms with Gasteiger partial charge in [0.1, 0.15) is 5.82 Å². The lowest BCUT2D eigenvalue weighted by Crippen LogP contribution is -1.97. The summed E-state index contributed by atoms with van der Waals surface area (Å²) < 4.78 is 26.9. The van der Waals surface area contributed by atoms with E-state index in [1.54, 1.807) is 44.6 Å². The zero-order valence-corrected chi connectivity index (χ0v) is 16.3. The number of aromatic nitrogens is 3. The minimum atomic E-state index is -0.389. The molecule has 0 saturated heterocycles. The first-order valence-electron chi connectivity index (χ1n) is 7.42. The van der Waals surface area contributed by atoms with Crippen LogP contribution in [0.2, 0.25) is 0 Å². The van der Waals surface area contributed by atoms with Crippen molar-refractivity contribution in [2.24, 2.45) is 5.10 Å². The second-order valence-electron chi connectivity index (χ2n) is 5.14. The molecule has 1 aromatic heterocycles. The molecule has 3 rings (SSSR count). The van der Waals surface area contributed by atoms with Gasteiger partial charge in [-0.15, -0.1) is 0 Å². The minimum Gasteiger partial charge on any atom is -0.493 e. The number of ether oxygens (including phenoxy) is 2. The van der Waals surface area contributed by atoms with Gasteiger partial charge in [-0.25, -0.2) is 9.49 Å². The zero-order valence-electron chi connectivity index (χ0n) is 13.9. The van der Waals surface area contributed by atoms with Crippen LogP contribution in [-0.4, -0.2) is 35.3 Å². The second-order valence-corrected chi connectivity index (χ2v) is 6.45. The van der Waals surface area contributed by atoms with Crippen molar-refractivity contribution < 1.29 is 13.9 Å². The Hall–Kier alpha value is -2.52. The smallest absolute Gasteiger partial charge is 0.216 e. The van der Waals surface area contributed by atoms with Crippen molar-refractivity contribution >= 4 is 34.4 Å². The number of rotatable bonds is 5. The highest BCUT2D eigenvalue weighted by molar-refractivity contribution is 9.10. The first-order chi connectivity index (χ1) is 12.5. The Morgan fingerprint density at radius 1 is 1.19 bits per heavy atom. The summed E-state index contributed by atoms with van der Waals surface area (Å²) in [6.45, 7) is 0. The van der Waals surface area contributed by atoms with Crippen molar-refractivity contribution in [3.8, 4) is 22.9 Å². The van der Waals surface area contributed by atoms with Gasteiger partial charge in [-0.3, -0.25) is 0 Å². The molecule has 0 spiro atoms. The Morgan fingerprint density at radius 3 is 2.69 bits per heavy atom. The monoisotopic (exact) mass is 436 g/mol. The predicted octanol–water partition coefficient (Wildman–Crippen LogP) is 4.41. The Bertz CT molecular complexity index is 1030. The number of nitrogens with one attached hydrogen (secondary N) is 1. The van der Waals surface area contributed by atoms with Crippen LogP contribution in [-0.2, 0) is 0 Å². The summed E-state index contributed by atoms with van der Waals surface area (Å²) in [4.78, 5) is 0. The van der Waals surface area contributed by atoms with Crippen LogP contribution in [0.1, 0.15) is 5.56 Å². The number of halogens is 2. The molecule has 3 aromatic rings. The summed E-state index contributed by atoms with van der Waals surface area (Å²) in [6.07, 6.45) is 1.38. The standard InChI is InChI=1S/C17H14BrFN4O2S/c1-24-14-6-3-10(8-15(14)25-2)16-21-22-17(26)23(16)20-9-11-7-12(18)4-5-13(11)19/h3-9H,1-2H3,(H,22,26). The molecule has 26 heavy (non-hydrogen) atoms. The Kier molecular flexibility index (Phi) is 5.48. The molecular weight excluding hydrogens is 423 g/mol. The SMILES string of the molecule is COc1ccc(-c2n[nH]c(=S)n2N=Cc2cc(Br)ccc2F)cc1OC. The van der Waals surface area contributed by atoms with Crippen molar-refractivity contribution in [3.63, 3.8) is 0 Å². The fourth-order valence-electron chi connectivity index (χ4n) is 2.29. The maximum absolute atomic E-state index is 13.9. The van der Waals surface area contributed by atoms with Gasteiger partial charge in [0, 0.05) is 15.6 Å². The molecule has 1 heterocycles. The van der Waals surface area contributed by atoms with Gasteiger partial charge >= 0.3 is 0 Å². The summed E-state index contributed by atoms with van der Waals surface area (Å²) in [6, 6.07) is 9.92. The van der Waals surface area contributed by atoms with E-state index < -0.39 is 0 Å². The van der Waals surface area contributed by atoms with Crippen molar-refractivity contribution in [3.05, 3.63) is 57.0 Å². The van der Waals surface area contributed by atoms with Crippen LogP contribution >= 0.6 is 28.1 Å². The van der Waals surface area contributed by atoms with Crippen LogP contribution < -0.4 is 9.47 Å². The van der Waals surface area contributed by atoms with Crippen LogP contribution in [0.5, 0.6) is 11.5 Å². The van der Waals surface area contributed by atoms with Gasteiger partial charge in [0.15, 0.2) is 17.3 Å². The van der Waals surface area contributed by atoms with Crippen molar-refractivity contribution in [2.45, 2.75) is 0 Å². The second kappa shape index (κ2) is 7.79. The van der Waals surface area contributed by atoms with Gasteiger partial charge in [-0.2, -0.15) is 14.9 Å². The van der Waals surface area contributed by atoms with Crippen LogP contribution in [0, 0.1) is 10.6 Å². The highest BCUT2D eigenvalue weighted by atomic mass is 79.9. The zero-order chi connectivity index (χ0) is 18.7. The number of hydrogen-bond acceptors (Lipinski definition) is 5. The lowest BCUT2D eigenvalue weighted by Gasteiger charge is -2.09. The average Bonchev–Trinajstić information content (AvgIpc) is 3.02. The molecule has 0 unspecified atom stereocenters. The Balaban J connectivity index is 2.04. The van der Waals surface area contributed by atoms with E-state index in [0.717, 1.165) is 4.47 Å². The quantitative estimate of drug-likeness (QED) is 0.475. The lowest BCUT2D eigenvalue weighted by molar-refractivity contribution is 0.355. The fourth-order valence-corrected chi connectivity index (χ4v) is 2.85. The number of nitrogens with zero attached hydrogens (tertiary/aromatic N) is 3. The summed E-state index contributed by atoms with van der Waals surface area (Å²) in [5.41, 5.74) is 1.03. The predicted molar refractivity (Wildman–Crippen MR) is 103 cm³/mol. The molecule has 2 aromatic carbocycles. The average molecular weight is 437 g/mol. The van der Waals surface area contributed by atoms with Gasteiger partial charge in [0.05, 0.1) is 20.4 Å². The molecule has 134 valence electrons. The summed E-state index contributed by atoms with van der Waals surface area (Å²) in [7, 11) is 3.11. The molecule has 0 saturated carbocycles. The molecule has 0 aliphatic carbocycles. The number of H-pyrrole nitrogens is 1. The van der Waals surface area contributed by atoms with Crippen LogP contribution in [0.15, 0.2) is 46.0 Å². The van der Waals surface area contributed by atoms with E-state index in [-0.39, 0.29) is 10.6 Å². The maximum Gasteiger partial charge on any atom is 0.216 e. The van der Waals surface area contributed by atoms with Gasteiger partial charge in [-0.1, -0.05) is 15.9 Å². The van der Waals surface area contributed by atoms with Crippen LogP contribution in [0.25, 0.3) is 11.4 Å². The van der Waals surface area contributed by atoms with E-state index in [4.69, 9.17) is 21.7 Å². The number of aromatic amines is 1. The molecule has 0 bridgehead atoms. The van der Waals surface area contributed by atoms with Gasteiger partial charge in [0.2, 0.25) is 4.77 Å². The van der Waals surface area contributed by atoms with Crippen molar-refractivity contribution in [2.75, 3.05) is 14.2 Å². The molecule has 1 N–H and O–H groups in total. The summed E-state index contributed by atoms with van der Waals surface area (Å²) in [5, 5.41) is 11.2. The topological polar surface area (TPSA) is 64.4 Å². The molecule has 0 atom stereocenters. The van der Waals surface area contributed by atoms with Crippen LogP contribution in [0.4, 0.5) is 4.39 Å². The number of benzene rings is 2. The Labute approximate surface area is 162 Å². The van der Waals surface area contributed by atoms with E-state index in [2.05, 4.69) is 31.2 Å². The molecule has 0 radical (unpaired) electrons. The van der Waals surface area contributed by atoms with E-state index >= 15 is 0 Å². The van der Waals surface area contributed by atoms with E-state index in [9.17, 15) is 4.39 Å². The van der Waals surface area contributed by atoms with Gasteiger partial charge < -0.3 is 9.47 Å². The fraction of sp³-hybridized carbons (Fsp3) is 0.118. The molecular formula is C17H14BrFN4O2S. The summed E-state index contributed by atoms with van der Waals surface area (Å²) in [5.74, 6) is 1.21. The lowest BCUT2D eigenvalue weighted by atomic mass is 10.2. The third-order valence-electron chi connectivity index (χ3n) is 3.56. The minimum absolute atomic E-state index is 0.279. The molecule has 0 aliphatic rings. The summed E-state index contributed by atoms with van der Waals surface area (Å²) >= 11 is 8.54. The molecule has 0 fully saturated rings. The van der Waals surface area contributed by atoms with Crippen molar-refractivity contribution in [1.29, 1.82) is 0 Å². The third-order valence-corrected chi connectivity index (χ3v) is 4.32. The normalized spacial score (nSPS) is 11.1. The molecule has 9 heteroatoms. The number of methoxy groups -OCH3 is 2. The Morgan fingerprint density at radius 2 is 1.96 bits per heavy atom. The molecule has 0 aliphatic heterocycles. The first-order valence-corrected chi connectivity index (χ1v) is 8.63. The van der Waals surface area contributed by atoms with E-state index in [1.807, 2.05) is 0 Å². The van der Waals surface area contributed by atoms with Gasteiger partial charge in [0.25, 0.3) is 0 Å². The first kappa shape index (κ1) is 18.3. The highest BCUT2D eigenvalue weighted by Crippen LogP contribution is 2.31. The van der Waals surface area contributed by atoms with Crippen molar-refractivity contribution in [1.82, 2.24) is 14.9 Å².